The Morgan fingerprint density at radius 2 is 1.66 bits per heavy atom. The summed E-state index contributed by atoms with van der Waals surface area (Å²) in [5.41, 5.74) is 1.91. The lowest BCUT2D eigenvalue weighted by Crippen LogP contribution is -2.19. The molecule has 4 aromatic heterocycles. The minimum Gasteiger partial charge on any atom is -0.480 e. The summed E-state index contributed by atoms with van der Waals surface area (Å²) in [6, 6.07) is 6.13. The third-order valence-electron chi connectivity index (χ3n) is 3.81. The van der Waals surface area contributed by atoms with Gasteiger partial charge >= 0.3 is 0 Å². The fourth-order valence-electron chi connectivity index (χ4n) is 2.45. The molecule has 0 spiro atoms. The minimum absolute atomic E-state index is 0.130. The first-order valence-corrected chi connectivity index (χ1v) is 8.47. The maximum absolute atomic E-state index is 11.6. The van der Waals surface area contributed by atoms with Crippen LogP contribution in [0.5, 0.6) is 11.8 Å². The predicted molar refractivity (Wildman–Crippen MR) is 107 cm³/mol. The fourth-order valence-corrected chi connectivity index (χ4v) is 2.45. The molecule has 0 radical (unpaired) electrons. The van der Waals surface area contributed by atoms with Crippen LogP contribution in [0.3, 0.4) is 0 Å². The molecule has 0 aliphatic rings. The molecule has 29 heavy (non-hydrogen) atoms. The molecular formula is C19H18N6O4. The number of fused-ring (bicyclic) bond motifs is 2. The molecule has 0 aliphatic carbocycles. The standard InChI is InChI=1S/C11H11N3O2.C8H7N3O2/c1-3-6-14-10(15)5-4-8-11(14)13-9(16-2)7-12-8;1-13-7-4-9-5-2-3-6(12)10-8(5)11-7/h3-5,7H,1,6H2,2H3;2-4H,1H3,(H,10,11,12). The van der Waals surface area contributed by atoms with E-state index in [0.717, 1.165) is 0 Å². The van der Waals surface area contributed by atoms with E-state index in [-0.39, 0.29) is 11.1 Å². The van der Waals surface area contributed by atoms with E-state index in [0.29, 0.717) is 40.6 Å². The van der Waals surface area contributed by atoms with Gasteiger partial charge in [-0.2, -0.15) is 9.97 Å². The molecule has 0 saturated heterocycles. The molecule has 0 aliphatic heterocycles. The van der Waals surface area contributed by atoms with Gasteiger partial charge in [0.05, 0.1) is 26.6 Å². The van der Waals surface area contributed by atoms with E-state index in [9.17, 15) is 9.59 Å². The van der Waals surface area contributed by atoms with Crippen molar-refractivity contribution in [2.24, 2.45) is 0 Å². The summed E-state index contributed by atoms with van der Waals surface area (Å²) in [6.45, 7) is 4.01. The fraction of sp³-hybridized carbons (Fsp3) is 0.158. The molecule has 4 aromatic rings. The molecule has 1 N–H and O–H groups in total. The van der Waals surface area contributed by atoms with Crippen molar-refractivity contribution in [1.29, 1.82) is 0 Å². The summed E-state index contributed by atoms with van der Waals surface area (Å²) in [6.07, 6.45) is 4.66. The monoisotopic (exact) mass is 394 g/mol. The number of aromatic amines is 1. The number of nitrogens with zero attached hydrogens (tertiary/aromatic N) is 5. The van der Waals surface area contributed by atoms with E-state index in [1.54, 1.807) is 18.2 Å². The third kappa shape index (κ3) is 4.43. The van der Waals surface area contributed by atoms with Crippen molar-refractivity contribution in [2.45, 2.75) is 6.54 Å². The van der Waals surface area contributed by atoms with Gasteiger partial charge in [0.1, 0.15) is 11.0 Å². The van der Waals surface area contributed by atoms with Crippen molar-refractivity contribution in [2.75, 3.05) is 14.2 Å². The molecule has 10 nitrogen and oxygen atoms in total. The van der Waals surface area contributed by atoms with Crippen LogP contribution in [0.2, 0.25) is 0 Å². The van der Waals surface area contributed by atoms with Gasteiger partial charge in [0.15, 0.2) is 11.3 Å². The molecule has 0 atom stereocenters. The molecule has 148 valence electrons. The molecule has 0 aromatic carbocycles. The Bertz CT molecular complexity index is 1280. The lowest BCUT2D eigenvalue weighted by atomic mass is 10.4. The van der Waals surface area contributed by atoms with Gasteiger partial charge in [0.2, 0.25) is 17.3 Å². The molecule has 10 heteroatoms. The Balaban J connectivity index is 0.000000169. The molecule has 4 rings (SSSR count). The van der Waals surface area contributed by atoms with Gasteiger partial charge in [0.25, 0.3) is 5.56 Å². The maximum Gasteiger partial charge on any atom is 0.252 e. The van der Waals surface area contributed by atoms with E-state index < -0.39 is 0 Å². The third-order valence-corrected chi connectivity index (χ3v) is 3.81. The van der Waals surface area contributed by atoms with Crippen LogP contribution in [0.4, 0.5) is 0 Å². The molecular weight excluding hydrogens is 376 g/mol. The lowest BCUT2D eigenvalue weighted by Gasteiger charge is -2.06. The van der Waals surface area contributed by atoms with Gasteiger partial charge in [0, 0.05) is 18.7 Å². The molecule has 0 saturated carbocycles. The number of aromatic nitrogens is 6. The van der Waals surface area contributed by atoms with Gasteiger partial charge in [-0.3, -0.25) is 14.2 Å². The Morgan fingerprint density at radius 3 is 2.34 bits per heavy atom. The topological polar surface area (TPSA) is 125 Å². The largest absolute Gasteiger partial charge is 0.480 e. The second kappa shape index (κ2) is 8.74. The quantitative estimate of drug-likeness (QED) is 0.514. The van der Waals surface area contributed by atoms with E-state index in [2.05, 4.69) is 31.5 Å². The smallest absolute Gasteiger partial charge is 0.252 e. The summed E-state index contributed by atoms with van der Waals surface area (Å²) in [7, 11) is 3.01. The van der Waals surface area contributed by atoms with E-state index in [4.69, 9.17) is 9.47 Å². The number of hydrogen-bond acceptors (Lipinski definition) is 8. The van der Waals surface area contributed by atoms with Crippen molar-refractivity contribution >= 4 is 22.3 Å². The summed E-state index contributed by atoms with van der Waals surface area (Å²) >= 11 is 0. The summed E-state index contributed by atoms with van der Waals surface area (Å²) in [5.74, 6) is 0.769. The van der Waals surface area contributed by atoms with Crippen molar-refractivity contribution in [3.8, 4) is 11.8 Å². The van der Waals surface area contributed by atoms with Crippen LogP contribution in [-0.2, 0) is 6.54 Å². The second-order valence-electron chi connectivity index (χ2n) is 5.66. The van der Waals surface area contributed by atoms with Gasteiger partial charge in [-0.25, -0.2) is 9.97 Å². The van der Waals surface area contributed by atoms with E-state index in [1.165, 1.54) is 43.3 Å². The lowest BCUT2D eigenvalue weighted by molar-refractivity contribution is 0.397. The highest BCUT2D eigenvalue weighted by atomic mass is 16.5. The van der Waals surface area contributed by atoms with Crippen LogP contribution in [-0.4, -0.2) is 43.7 Å². The number of ether oxygens (including phenoxy) is 2. The zero-order valence-electron chi connectivity index (χ0n) is 15.8. The van der Waals surface area contributed by atoms with Crippen molar-refractivity contribution < 1.29 is 9.47 Å². The normalized spacial score (nSPS) is 10.3. The highest BCUT2D eigenvalue weighted by molar-refractivity contribution is 5.70. The van der Waals surface area contributed by atoms with E-state index in [1.807, 2.05) is 0 Å². The SMILES string of the molecule is C=CCn1c(=O)ccc2ncc(OC)nc21.COc1cnc2ccc(=O)[nH]c2n1. The average molecular weight is 394 g/mol. The number of hydrogen-bond donors (Lipinski definition) is 1. The van der Waals surface area contributed by atoms with Crippen molar-refractivity contribution in [3.05, 3.63) is 70.0 Å². The molecule has 0 amide bonds. The van der Waals surface area contributed by atoms with Gasteiger partial charge in [-0.05, 0) is 12.1 Å². The Hall–Kier alpha value is -4.08. The number of methoxy groups -OCH3 is 2. The molecule has 0 fully saturated rings. The van der Waals surface area contributed by atoms with Crippen LogP contribution < -0.4 is 20.6 Å². The number of H-pyrrole nitrogens is 1. The summed E-state index contributed by atoms with van der Waals surface area (Å²) in [5, 5.41) is 0. The Kier molecular flexibility index (Phi) is 5.93. The van der Waals surface area contributed by atoms with Crippen molar-refractivity contribution in [3.63, 3.8) is 0 Å². The Labute approximate surface area is 164 Å². The zero-order chi connectivity index (χ0) is 20.8. The van der Waals surface area contributed by atoms with Gasteiger partial charge < -0.3 is 14.5 Å². The predicted octanol–water partition coefficient (Wildman–Crippen LogP) is 1.31. The molecule has 4 heterocycles. The summed E-state index contributed by atoms with van der Waals surface area (Å²) in [4.78, 5) is 41.5. The van der Waals surface area contributed by atoms with Gasteiger partial charge in [-0.1, -0.05) is 6.08 Å². The first-order chi connectivity index (χ1) is 14.0. The number of rotatable bonds is 4. The second-order valence-corrected chi connectivity index (χ2v) is 5.66. The van der Waals surface area contributed by atoms with Crippen molar-refractivity contribution in [1.82, 2.24) is 29.5 Å². The number of pyridine rings is 2. The van der Waals surface area contributed by atoms with Crippen LogP contribution in [0.25, 0.3) is 22.3 Å². The van der Waals surface area contributed by atoms with Crippen LogP contribution in [0, 0.1) is 0 Å². The number of nitrogens with one attached hydrogen (secondary N) is 1. The minimum atomic E-state index is -0.199. The summed E-state index contributed by atoms with van der Waals surface area (Å²) < 4.78 is 11.3. The van der Waals surface area contributed by atoms with Crippen LogP contribution in [0.1, 0.15) is 0 Å². The Morgan fingerprint density at radius 1 is 1.00 bits per heavy atom. The number of allylic oxidation sites excluding steroid dienone is 1. The zero-order valence-corrected chi connectivity index (χ0v) is 15.8. The first kappa shape index (κ1) is 19.7. The molecule has 0 bridgehead atoms. The molecule has 0 unspecified atom stereocenters. The van der Waals surface area contributed by atoms with E-state index >= 15 is 0 Å². The average Bonchev–Trinajstić information content (AvgIpc) is 2.75. The highest BCUT2D eigenvalue weighted by Gasteiger charge is 2.05. The van der Waals surface area contributed by atoms with Crippen LogP contribution in [0.15, 0.2) is 58.9 Å². The first-order valence-electron chi connectivity index (χ1n) is 8.47. The highest BCUT2D eigenvalue weighted by Crippen LogP contribution is 2.11. The maximum atomic E-state index is 11.6. The van der Waals surface area contributed by atoms with Gasteiger partial charge in [-0.15, -0.1) is 6.58 Å². The van der Waals surface area contributed by atoms with Crippen LogP contribution >= 0.6 is 0 Å².